The van der Waals surface area contributed by atoms with Crippen LogP contribution in [0.3, 0.4) is 0 Å². The Bertz CT molecular complexity index is 819. The molecule has 2 aromatic carbocycles. The molecule has 1 aliphatic carbocycles. The smallest absolute Gasteiger partial charge is 0.344 e. The molecule has 2 aromatic rings. The van der Waals surface area contributed by atoms with Crippen molar-refractivity contribution in [3.63, 3.8) is 0 Å². The van der Waals surface area contributed by atoms with Crippen LogP contribution in [0.1, 0.15) is 36.1 Å². The van der Waals surface area contributed by atoms with Crippen molar-refractivity contribution in [3.8, 4) is 5.75 Å². The quantitative estimate of drug-likeness (QED) is 0.556. The van der Waals surface area contributed by atoms with E-state index in [1.54, 1.807) is 19.1 Å². The van der Waals surface area contributed by atoms with Gasteiger partial charge in [0.1, 0.15) is 5.75 Å². The topological polar surface area (TPSA) is 67.8 Å². The molecule has 0 amide bonds. The van der Waals surface area contributed by atoms with Crippen LogP contribution in [-0.4, -0.2) is 36.9 Å². The maximum absolute atomic E-state index is 11.5. The van der Waals surface area contributed by atoms with Crippen molar-refractivity contribution in [2.45, 2.75) is 38.3 Å². The van der Waals surface area contributed by atoms with Gasteiger partial charge in [0.2, 0.25) is 0 Å². The highest BCUT2D eigenvalue weighted by atomic mass is 35.5. The van der Waals surface area contributed by atoms with Crippen LogP contribution in [0.15, 0.2) is 42.5 Å². The zero-order valence-corrected chi connectivity index (χ0v) is 19.2. The maximum atomic E-state index is 11.5. The minimum absolute atomic E-state index is 0. The number of aliphatic hydroxyl groups is 1. The molecule has 0 radical (unpaired) electrons. The number of aryl methyl sites for hydroxylation is 1. The predicted octanol–water partition coefficient (Wildman–Crippen LogP) is 4.31. The number of hydrogen-bond donors (Lipinski definition) is 2. The molecule has 0 spiro atoms. The lowest BCUT2D eigenvalue weighted by molar-refractivity contribution is -0.145. The number of hydrogen-bond acceptors (Lipinski definition) is 5. The SMILES string of the molecule is CCOC(=O)COc1ccc2c(c1)C[C@@H](NC[C@H](O)c1cccc(Cl)c1)CC2.Cl.Cl. The van der Waals surface area contributed by atoms with E-state index in [4.69, 9.17) is 21.1 Å². The third kappa shape index (κ3) is 7.64. The molecule has 0 saturated heterocycles. The zero-order valence-electron chi connectivity index (χ0n) is 16.8. The van der Waals surface area contributed by atoms with Crippen LogP contribution in [0, 0.1) is 0 Å². The number of fused-ring (bicyclic) bond motifs is 1. The molecule has 0 saturated carbocycles. The van der Waals surface area contributed by atoms with E-state index in [0.717, 1.165) is 24.8 Å². The molecule has 2 atom stereocenters. The van der Waals surface area contributed by atoms with Crippen LogP contribution in [0.2, 0.25) is 5.02 Å². The summed E-state index contributed by atoms with van der Waals surface area (Å²) in [5, 5.41) is 14.5. The third-order valence-electron chi connectivity index (χ3n) is 4.90. The number of rotatable bonds is 8. The Morgan fingerprint density at radius 2 is 2.03 bits per heavy atom. The number of esters is 1. The van der Waals surface area contributed by atoms with E-state index in [1.807, 2.05) is 24.3 Å². The van der Waals surface area contributed by atoms with Crippen LogP contribution in [-0.2, 0) is 22.4 Å². The van der Waals surface area contributed by atoms with Gasteiger partial charge in [-0.3, -0.25) is 0 Å². The summed E-state index contributed by atoms with van der Waals surface area (Å²) in [6.45, 7) is 2.51. The lowest BCUT2D eigenvalue weighted by Crippen LogP contribution is -2.37. The van der Waals surface area contributed by atoms with Crippen molar-refractivity contribution in [2.24, 2.45) is 0 Å². The summed E-state index contributed by atoms with van der Waals surface area (Å²) in [6.07, 6.45) is 2.24. The van der Waals surface area contributed by atoms with E-state index in [9.17, 15) is 9.90 Å². The highest BCUT2D eigenvalue weighted by molar-refractivity contribution is 6.30. The summed E-state index contributed by atoms with van der Waals surface area (Å²) in [5.74, 6) is 0.307. The first-order chi connectivity index (χ1) is 13.5. The van der Waals surface area contributed by atoms with Crippen molar-refractivity contribution < 1.29 is 19.4 Å². The van der Waals surface area contributed by atoms with Gasteiger partial charge in [-0.2, -0.15) is 0 Å². The average molecular weight is 477 g/mol. The molecular formula is C22H28Cl3NO4. The Kier molecular flexibility index (Phi) is 11.5. The second-order valence-corrected chi connectivity index (χ2v) is 7.38. The van der Waals surface area contributed by atoms with E-state index in [2.05, 4.69) is 11.4 Å². The largest absolute Gasteiger partial charge is 0.482 e. The van der Waals surface area contributed by atoms with Gasteiger partial charge in [0.25, 0.3) is 0 Å². The van der Waals surface area contributed by atoms with Crippen LogP contribution in [0.4, 0.5) is 0 Å². The lowest BCUT2D eigenvalue weighted by Gasteiger charge is -2.27. The van der Waals surface area contributed by atoms with Gasteiger partial charge in [-0.1, -0.05) is 29.8 Å². The highest BCUT2D eigenvalue weighted by Gasteiger charge is 2.20. The number of benzene rings is 2. The van der Waals surface area contributed by atoms with Gasteiger partial charge in [0.15, 0.2) is 6.61 Å². The molecule has 1 aliphatic rings. The second kappa shape index (κ2) is 13.0. The fourth-order valence-corrected chi connectivity index (χ4v) is 3.65. The summed E-state index contributed by atoms with van der Waals surface area (Å²) in [7, 11) is 0. The van der Waals surface area contributed by atoms with Crippen molar-refractivity contribution in [3.05, 3.63) is 64.2 Å². The summed E-state index contributed by atoms with van der Waals surface area (Å²) < 4.78 is 10.4. The number of nitrogens with one attached hydrogen (secondary N) is 1. The number of aliphatic hydroxyl groups excluding tert-OH is 1. The Morgan fingerprint density at radius 3 is 2.77 bits per heavy atom. The first-order valence-electron chi connectivity index (χ1n) is 9.62. The van der Waals surface area contributed by atoms with E-state index < -0.39 is 6.10 Å². The molecule has 5 nitrogen and oxygen atoms in total. The molecule has 0 aromatic heterocycles. The van der Waals surface area contributed by atoms with Crippen LogP contribution in [0.5, 0.6) is 5.75 Å². The molecule has 0 bridgehead atoms. The predicted molar refractivity (Wildman–Crippen MR) is 123 cm³/mol. The molecule has 0 heterocycles. The monoisotopic (exact) mass is 475 g/mol. The minimum Gasteiger partial charge on any atom is -0.482 e. The summed E-state index contributed by atoms with van der Waals surface area (Å²) in [5.41, 5.74) is 3.32. The summed E-state index contributed by atoms with van der Waals surface area (Å²) in [6, 6.07) is 13.5. The van der Waals surface area contributed by atoms with Gasteiger partial charge in [0, 0.05) is 17.6 Å². The third-order valence-corrected chi connectivity index (χ3v) is 5.14. The number of halogens is 3. The fourth-order valence-electron chi connectivity index (χ4n) is 3.45. The van der Waals surface area contributed by atoms with Gasteiger partial charge in [-0.15, -0.1) is 24.8 Å². The average Bonchev–Trinajstić information content (AvgIpc) is 2.70. The first-order valence-corrected chi connectivity index (χ1v) is 10.00. The molecule has 0 unspecified atom stereocenters. The lowest BCUT2D eigenvalue weighted by atomic mass is 9.88. The van der Waals surface area contributed by atoms with Crippen LogP contribution >= 0.6 is 36.4 Å². The number of carbonyl (C=O) groups is 1. The Morgan fingerprint density at radius 1 is 1.23 bits per heavy atom. The molecular weight excluding hydrogens is 449 g/mol. The molecule has 2 N–H and O–H groups in total. The van der Waals surface area contributed by atoms with Gasteiger partial charge in [-0.25, -0.2) is 4.79 Å². The minimum atomic E-state index is -0.598. The van der Waals surface area contributed by atoms with Crippen molar-refractivity contribution in [2.75, 3.05) is 19.8 Å². The standard InChI is InChI=1S/C22H26ClNO4.2ClH/c1-2-27-22(26)14-28-20-9-7-15-6-8-19(11-17(15)12-20)24-13-21(25)16-4-3-5-18(23)10-16;;/h3-5,7,9-10,12,19,21,24-25H,2,6,8,11,13-14H2,1H3;2*1H/t19-,21-;;/m0../s1. The Labute approximate surface area is 194 Å². The normalized spacial score (nSPS) is 15.8. The summed E-state index contributed by atoms with van der Waals surface area (Å²) in [4.78, 5) is 11.5. The van der Waals surface area contributed by atoms with Crippen LogP contribution < -0.4 is 10.1 Å². The van der Waals surface area contributed by atoms with Gasteiger partial charge < -0.3 is 19.9 Å². The molecule has 0 fully saturated rings. The molecule has 30 heavy (non-hydrogen) atoms. The zero-order chi connectivity index (χ0) is 19.9. The fraction of sp³-hybridized carbons (Fsp3) is 0.409. The van der Waals surface area contributed by atoms with Crippen molar-refractivity contribution in [1.29, 1.82) is 0 Å². The second-order valence-electron chi connectivity index (χ2n) is 6.94. The van der Waals surface area contributed by atoms with E-state index in [-0.39, 0.29) is 43.4 Å². The van der Waals surface area contributed by atoms with Crippen molar-refractivity contribution >= 4 is 42.4 Å². The van der Waals surface area contributed by atoms with E-state index >= 15 is 0 Å². The molecule has 3 rings (SSSR count). The Hall–Kier alpha value is -1.50. The highest BCUT2D eigenvalue weighted by Crippen LogP contribution is 2.26. The molecule has 166 valence electrons. The van der Waals surface area contributed by atoms with Gasteiger partial charge in [-0.05, 0) is 67.1 Å². The maximum Gasteiger partial charge on any atom is 0.344 e. The molecule has 0 aliphatic heterocycles. The Balaban J connectivity index is 0.00000225. The van der Waals surface area contributed by atoms with E-state index in [0.29, 0.717) is 23.9 Å². The van der Waals surface area contributed by atoms with Gasteiger partial charge >= 0.3 is 5.97 Å². The number of ether oxygens (including phenoxy) is 2. The summed E-state index contributed by atoms with van der Waals surface area (Å²) >= 11 is 6.00. The molecule has 8 heteroatoms. The van der Waals surface area contributed by atoms with Gasteiger partial charge in [0.05, 0.1) is 12.7 Å². The number of carbonyl (C=O) groups excluding carboxylic acids is 1. The first kappa shape index (κ1) is 26.5. The van der Waals surface area contributed by atoms with Crippen LogP contribution in [0.25, 0.3) is 0 Å². The van der Waals surface area contributed by atoms with E-state index in [1.165, 1.54) is 11.1 Å². The van der Waals surface area contributed by atoms with Crippen molar-refractivity contribution in [1.82, 2.24) is 5.32 Å².